The second-order valence-electron chi connectivity index (χ2n) is 11.3. The smallest absolute Gasteiger partial charge is 0.308 e. The van der Waals surface area contributed by atoms with Crippen molar-refractivity contribution in [2.24, 2.45) is 11.1 Å². The number of non-ortho nitro benzene ring substituents is 1. The number of thiazole rings is 1. The lowest BCUT2D eigenvalue weighted by atomic mass is 9.83. The van der Waals surface area contributed by atoms with Gasteiger partial charge in [0.2, 0.25) is 27.7 Å². The number of nitrogens with zero attached hydrogens (tertiary/aromatic N) is 4. The minimum absolute atomic E-state index is 0.130. The molecule has 4 aromatic rings. The van der Waals surface area contributed by atoms with Crippen LogP contribution in [0.1, 0.15) is 30.2 Å². The van der Waals surface area contributed by atoms with Gasteiger partial charge in [0.05, 0.1) is 26.5 Å². The molecule has 3 amide bonds. The molecule has 3 unspecified atom stereocenters. The van der Waals surface area contributed by atoms with Crippen molar-refractivity contribution in [3.8, 4) is 0 Å². The highest BCUT2D eigenvalue weighted by Crippen LogP contribution is 2.54. The van der Waals surface area contributed by atoms with Gasteiger partial charge in [-0.25, -0.2) is 18.5 Å². The lowest BCUT2D eigenvalue weighted by Gasteiger charge is -2.31. The summed E-state index contributed by atoms with van der Waals surface area (Å²) in [6, 6.07) is 18.0. The second kappa shape index (κ2) is 13.2. The molecule has 3 heterocycles. The highest BCUT2D eigenvalue weighted by atomic mass is 32.2. The number of benzene rings is 3. The summed E-state index contributed by atoms with van der Waals surface area (Å²) in [5, 5.41) is 18.5. The monoisotopic (exact) mass is 722 g/mol. The van der Waals surface area contributed by atoms with Gasteiger partial charge in [0.15, 0.2) is 0 Å². The number of amides is 3. The number of nitrogens with two attached hydrogens (primary N) is 1. The minimum Gasteiger partial charge on any atom is -0.372 e. The van der Waals surface area contributed by atoms with Crippen molar-refractivity contribution >= 4 is 73.6 Å². The Bertz CT molecular complexity index is 2130. The van der Waals surface area contributed by atoms with Crippen molar-refractivity contribution in [2.45, 2.75) is 41.5 Å². The first kappa shape index (κ1) is 34.0. The molecule has 0 bridgehead atoms. The molecular formula is C32H30N6O8S3. The van der Waals surface area contributed by atoms with Crippen LogP contribution in [0.4, 0.5) is 22.7 Å². The van der Waals surface area contributed by atoms with Crippen molar-refractivity contribution < 1.29 is 27.7 Å². The van der Waals surface area contributed by atoms with Crippen LogP contribution in [0, 0.1) is 16.0 Å². The molecule has 1 saturated heterocycles. The van der Waals surface area contributed by atoms with Gasteiger partial charge in [-0.05, 0) is 67.9 Å². The zero-order valence-electron chi connectivity index (χ0n) is 26.1. The molecule has 3 atom stereocenters. The van der Waals surface area contributed by atoms with Gasteiger partial charge in [-0.15, -0.1) is 0 Å². The topological polar surface area (TPSA) is 195 Å². The number of nitrogens with one attached hydrogen (secondary N) is 1. The van der Waals surface area contributed by atoms with E-state index in [-0.39, 0.29) is 22.0 Å². The van der Waals surface area contributed by atoms with Crippen LogP contribution >= 0.6 is 23.1 Å². The number of rotatable bonds is 10. The van der Waals surface area contributed by atoms with E-state index >= 15 is 0 Å². The van der Waals surface area contributed by atoms with Crippen LogP contribution < -0.4 is 25.1 Å². The molecule has 2 aliphatic rings. The Kier molecular flexibility index (Phi) is 9.19. The average molecular weight is 723 g/mol. The van der Waals surface area contributed by atoms with Gasteiger partial charge in [0.25, 0.3) is 5.69 Å². The Morgan fingerprint density at radius 3 is 2.16 bits per heavy atom. The molecule has 2 aliphatic heterocycles. The van der Waals surface area contributed by atoms with Crippen LogP contribution in [0.3, 0.4) is 0 Å². The maximum absolute atomic E-state index is 14.1. The predicted octanol–water partition coefficient (Wildman–Crippen LogP) is 3.75. The van der Waals surface area contributed by atoms with Crippen LogP contribution in [-0.2, 0) is 31.0 Å². The largest absolute Gasteiger partial charge is 0.372 e. The first-order chi connectivity index (χ1) is 23.3. The normalized spacial score (nSPS) is 18.6. The number of hydrogen-bond acceptors (Lipinski definition) is 11. The summed E-state index contributed by atoms with van der Waals surface area (Å²) in [6.45, 7) is 5.24. The summed E-state index contributed by atoms with van der Waals surface area (Å²) < 4.78 is 24.5. The molecule has 0 saturated carbocycles. The van der Waals surface area contributed by atoms with Crippen LogP contribution in [0.15, 0.2) is 87.5 Å². The maximum Gasteiger partial charge on any atom is 0.308 e. The number of imide groups is 1. The number of nitro groups is 1. The van der Waals surface area contributed by atoms with Gasteiger partial charge in [-0.2, -0.15) is 0 Å². The predicted molar refractivity (Wildman–Crippen MR) is 186 cm³/mol. The number of aromatic nitrogens is 1. The number of primary sulfonamides is 1. The van der Waals surface area contributed by atoms with Crippen LogP contribution in [-0.4, -0.2) is 54.0 Å². The SMILES string of the molecule is CCN(CC)c1ccc(C2c3sc(=O)n(CC(=O)Nc4ccc(S(N)(=O)=O)cc4)c3SC3C(=O)N(c4ccc([N+](=O)[O-])cc4)C(=O)C32)cc1. The highest BCUT2D eigenvalue weighted by molar-refractivity contribution is 8.00. The molecule has 1 fully saturated rings. The average Bonchev–Trinajstić information content (AvgIpc) is 3.51. The van der Waals surface area contributed by atoms with Gasteiger partial charge in [0, 0.05) is 47.4 Å². The molecule has 3 aromatic carbocycles. The summed E-state index contributed by atoms with van der Waals surface area (Å²) in [7, 11) is -3.93. The first-order valence-corrected chi connectivity index (χ1v) is 18.4. The highest BCUT2D eigenvalue weighted by Gasteiger charge is 2.56. The summed E-state index contributed by atoms with van der Waals surface area (Å²) in [5.74, 6) is -3.19. The first-order valence-electron chi connectivity index (χ1n) is 15.1. The minimum atomic E-state index is -3.93. The van der Waals surface area contributed by atoms with E-state index in [2.05, 4.69) is 10.2 Å². The lowest BCUT2D eigenvalue weighted by molar-refractivity contribution is -0.384. The Hall–Kier alpha value is -4.84. The lowest BCUT2D eigenvalue weighted by Crippen LogP contribution is -2.33. The summed E-state index contributed by atoms with van der Waals surface area (Å²) in [4.78, 5) is 68.6. The molecule has 0 aliphatic carbocycles. The number of thioether (sulfide) groups is 1. The fourth-order valence-corrected chi connectivity index (χ4v) is 9.43. The third kappa shape index (κ3) is 6.37. The Morgan fingerprint density at radius 2 is 1.59 bits per heavy atom. The van der Waals surface area contributed by atoms with Crippen molar-refractivity contribution in [3.05, 3.63) is 103 Å². The number of anilines is 3. The molecule has 3 N–H and O–H groups in total. The molecule has 254 valence electrons. The Labute approximate surface area is 288 Å². The van der Waals surface area contributed by atoms with E-state index in [9.17, 15) is 37.7 Å². The van der Waals surface area contributed by atoms with Crippen molar-refractivity contribution in [1.29, 1.82) is 0 Å². The number of carbonyl (C=O) groups is 3. The van der Waals surface area contributed by atoms with E-state index in [1.807, 2.05) is 38.1 Å². The van der Waals surface area contributed by atoms with Gasteiger partial charge >= 0.3 is 4.87 Å². The third-order valence-corrected chi connectivity index (χ3v) is 12.1. The quantitative estimate of drug-likeness (QED) is 0.138. The van der Waals surface area contributed by atoms with Gasteiger partial charge < -0.3 is 10.2 Å². The molecule has 49 heavy (non-hydrogen) atoms. The standard InChI is InChI=1S/C32H30N6O8S3/c1-3-35(4-2)20-9-5-18(6-10-20)25-26-27(30(41)37(29(26)40)21-11-13-22(14-12-21)38(43)44)47-31-28(25)48-32(42)36(31)17-24(39)34-19-7-15-23(16-8-19)49(33,45)46/h5-16,25-27H,3-4,17H2,1-2H3,(H,34,39)(H2,33,45,46). The fourth-order valence-electron chi connectivity index (χ4n) is 6.15. The Morgan fingerprint density at radius 1 is 0.959 bits per heavy atom. The van der Waals surface area contributed by atoms with E-state index in [0.717, 1.165) is 46.8 Å². The third-order valence-electron chi connectivity index (χ3n) is 8.52. The molecule has 0 radical (unpaired) electrons. The number of nitro benzene ring substituents is 1. The number of sulfonamides is 1. The van der Waals surface area contributed by atoms with Crippen molar-refractivity contribution in [2.75, 3.05) is 28.2 Å². The van der Waals surface area contributed by atoms with E-state index < -0.39 is 61.2 Å². The summed E-state index contributed by atoms with van der Waals surface area (Å²) in [5.41, 5.74) is 1.97. The number of hydrogen-bond donors (Lipinski definition) is 2. The summed E-state index contributed by atoms with van der Waals surface area (Å²) in [6.07, 6.45) is 0. The molecule has 0 spiro atoms. The van der Waals surface area contributed by atoms with Crippen molar-refractivity contribution in [3.63, 3.8) is 0 Å². The zero-order valence-corrected chi connectivity index (χ0v) is 28.6. The van der Waals surface area contributed by atoms with E-state index in [0.29, 0.717) is 15.5 Å². The van der Waals surface area contributed by atoms with E-state index in [1.165, 1.54) is 53.1 Å². The molecule has 14 nitrogen and oxygen atoms in total. The van der Waals surface area contributed by atoms with Gasteiger partial charge in [0.1, 0.15) is 11.8 Å². The van der Waals surface area contributed by atoms with Crippen LogP contribution in [0.2, 0.25) is 0 Å². The van der Waals surface area contributed by atoms with Crippen LogP contribution in [0.5, 0.6) is 0 Å². The molecular weight excluding hydrogens is 693 g/mol. The maximum atomic E-state index is 14.1. The fraction of sp³-hybridized carbons (Fsp3) is 0.250. The number of fused-ring (bicyclic) bond motifs is 2. The van der Waals surface area contributed by atoms with Crippen molar-refractivity contribution in [1.82, 2.24) is 4.57 Å². The number of carbonyl (C=O) groups excluding carboxylic acids is 3. The van der Waals surface area contributed by atoms with Crippen LogP contribution in [0.25, 0.3) is 0 Å². The van der Waals surface area contributed by atoms with E-state index in [1.54, 1.807) is 0 Å². The second-order valence-corrected chi connectivity index (χ2v) is 15.0. The Balaban J connectivity index is 1.37. The molecule has 1 aromatic heterocycles. The summed E-state index contributed by atoms with van der Waals surface area (Å²) >= 11 is 1.95. The van der Waals surface area contributed by atoms with Gasteiger partial charge in [-0.3, -0.25) is 33.9 Å². The van der Waals surface area contributed by atoms with E-state index in [4.69, 9.17) is 5.14 Å². The van der Waals surface area contributed by atoms with Gasteiger partial charge in [-0.1, -0.05) is 35.2 Å². The molecule has 6 rings (SSSR count). The molecule has 17 heteroatoms. The zero-order chi connectivity index (χ0) is 35.2.